The van der Waals surface area contributed by atoms with Gasteiger partial charge in [-0.15, -0.1) is 0 Å². The van der Waals surface area contributed by atoms with Gasteiger partial charge in [0.1, 0.15) is 6.61 Å². The molecule has 1 fully saturated rings. The second-order valence-corrected chi connectivity index (χ2v) is 7.33. The first kappa shape index (κ1) is 20.0. The van der Waals surface area contributed by atoms with Crippen molar-refractivity contribution in [2.45, 2.75) is 45.2 Å². The van der Waals surface area contributed by atoms with Crippen LogP contribution in [0.2, 0.25) is 0 Å². The highest BCUT2D eigenvalue weighted by atomic mass is 16.5. The minimum atomic E-state index is -0.0435. The van der Waals surface area contributed by atoms with Crippen molar-refractivity contribution in [2.75, 3.05) is 13.7 Å². The number of amides is 1. The molecule has 28 heavy (non-hydrogen) atoms. The summed E-state index contributed by atoms with van der Waals surface area (Å²) >= 11 is 0. The molecule has 2 aromatic rings. The fraction of sp³-hybridized carbons (Fsp3) is 0.455. The Labute approximate surface area is 166 Å². The van der Waals surface area contributed by atoms with Crippen LogP contribution < -0.4 is 14.8 Å². The average molecular weight is 383 g/mol. The first-order valence-electron chi connectivity index (χ1n) is 9.91. The molecule has 0 unspecified atom stereocenters. The molecule has 1 aromatic carbocycles. The lowest BCUT2D eigenvalue weighted by molar-refractivity contribution is -0.117. The summed E-state index contributed by atoms with van der Waals surface area (Å²) in [6.45, 7) is 3.43. The van der Waals surface area contributed by atoms with Crippen LogP contribution in [0.3, 0.4) is 0 Å². The zero-order chi connectivity index (χ0) is 19.8. The van der Waals surface area contributed by atoms with Crippen molar-refractivity contribution in [3.05, 3.63) is 48.3 Å². The lowest BCUT2D eigenvalue weighted by Crippen LogP contribution is -2.36. The standard InChI is InChI=1S/C22H29N3O3/c1-17-4-8-19(9-5-17)24-22(26)11-7-18-6-10-20(21(16-18)27-2)28-15-14-25-13-3-12-23-25/h3,6-7,10-13,16-17,19H,4-5,8-9,14-15H2,1-2H3,(H,24,26)/t17-,19-. The molecule has 6 heteroatoms. The van der Waals surface area contributed by atoms with E-state index in [2.05, 4.69) is 17.3 Å². The number of hydrogen-bond acceptors (Lipinski definition) is 4. The van der Waals surface area contributed by atoms with Gasteiger partial charge in [0.2, 0.25) is 5.91 Å². The van der Waals surface area contributed by atoms with Gasteiger partial charge in [-0.25, -0.2) is 0 Å². The minimum absolute atomic E-state index is 0.0435. The van der Waals surface area contributed by atoms with Crippen LogP contribution >= 0.6 is 0 Å². The van der Waals surface area contributed by atoms with Crippen molar-refractivity contribution >= 4 is 12.0 Å². The number of hydrogen-bond donors (Lipinski definition) is 1. The molecule has 0 saturated heterocycles. The first-order valence-corrected chi connectivity index (χ1v) is 9.91. The Balaban J connectivity index is 1.52. The quantitative estimate of drug-likeness (QED) is 0.706. The van der Waals surface area contributed by atoms with Crippen molar-refractivity contribution < 1.29 is 14.3 Å². The van der Waals surface area contributed by atoms with Crippen LogP contribution in [0.15, 0.2) is 42.7 Å². The predicted octanol–water partition coefficient (Wildman–Crippen LogP) is 3.68. The van der Waals surface area contributed by atoms with Crippen LogP contribution in [0, 0.1) is 5.92 Å². The summed E-state index contributed by atoms with van der Waals surface area (Å²) in [5, 5.41) is 7.25. The molecule has 150 valence electrons. The second kappa shape index (κ2) is 9.97. The van der Waals surface area contributed by atoms with Gasteiger partial charge in [0.25, 0.3) is 0 Å². The number of nitrogens with one attached hydrogen (secondary N) is 1. The number of ether oxygens (including phenoxy) is 2. The van der Waals surface area contributed by atoms with Crippen LogP contribution in [0.4, 0.5) is 0 Å². The Bertz CT molecular complexity index is 778. The molecular formula is C22H29N3O3. The SMILES string of the molecule is COc1cc(C=CC(=O)N[C@H]2CC[C@H](C)CC2)ccc1OCCn1cccn1. The lowest BCUT2D eigenvalue weighted by atomic mass is 9.87. The van der Waals surface area contributed by atoms with E-state index in [1.165, 1.54) is 12.8 Å². The second-order valence-electron chi connectivity index (χ2n) is 7.33. The molecule has 1 amide bonds. The number of aromatic nitrogens is 2. The molecule has 3 rings (SSSR count). The van der Waals surface area contributed by atoms with Gasteiger partial charge in [-0.1, -0.05) is 13.0 Å². The summed E-state index contributed by atoms with van der Waals surface area (Å²) < 4.78 is 13.0. The molecule has 0 atom stereocenters. The average Bonchev–Trinajstić information content (AvgIpc) is 3.22. The van der Waals surface area contributed by atoms with Crippen molar-refractivity contribution in [1.82, 2.24) is 15.1 Å². The van der Waals surface area contributed by atoms with Crippen molar-refractivity contribution in [2.24, 2.45) is 5.92 Å². The van der Waals surface area contributed by atoms with Crippen LogP contribution in [-0.2, 0) is 11.3 Å². The molecular weight excluding hydrogens is 354 g/mol. The summed E-state index contributed by atoms with van der Waals surface area (Å²) in [5.41, 5.74) is 0.892. The third-order valence-electron chi connectivity index (χ3n) is 5.11. The van der Waals surface area contributed by atoms with Crippen LogP contribution in [0.5, 0.6) is 11.5 Å². The normalized spacial score (nSPS) is 19.5. The Kier molecular flexibility index (Phi) is 7.12. The fourth-order valence-electron chi connectivity index (χ4n) is 3.41. The largest absolute Gasteiger partial charge is 0.493 e. The molecule has 0 spiro atoms. The van der Waals surface area contributed by atoms with E-state index in [0.29, 0.717) is 30.7 Å². The number of rotatable bonds is 8. The summed E-state index contributed by atoms with van der Waals surface area (Å²) in [6, 6.07) is 7.83. The van der Waals surface area contributed by atoms with E-state index in [-0.39, 0.29) is 5.91 Å². The number of benzene rings is 1. The monoisotopic (exact) mass is 383 g/mol. The number of carbonyl (C=O) groups excluding carboxylic acids is 1. The topological polar surface area (TPSA) is 65.4 Å². The zero-order valence-corrected chi connectivity index (χ0v) is 16.6. The maximum Gasteiger partial charge on any atom is 0.244 e. The van der Waals surface area contributed by atoms with Crippen LogP contribution in [-0.4, -0.2) is 35.4 Å². The fourth-order valence-corrected chi connectivity index (χ4v) is 3.41. The Morgan fingerprint density at radius 1 is 1.29 bits per heavy atom. The van der Waals surface area contributed by atoms with Gasteiger partial charge in [-0.3, -0.25) is 9.48 Å². The van der Waals surface area contributed by atoms with E-state index < -0.39 is 0 Å². The maximum absolute atomic E-state index is 12.2. The minimum Gasteiger partial charge on any atom is -0.493 e. The van der Waals surface area contributed by atoms with Gasteiger partial charge in [0, 0.05) is 24.5 Å². The highest BCUT2D eigenvalue weighted by Gasteiger charge is 2.18. The zero-order valence-electron chi connectivity index (χ0n) is 16.6. The number of nitrogens with zero attached hydrogens (tertiary/aromatic N) is 2. The molecule has 1 aliphatic carbocycles. The van der Waals surface area contributed by atoms with Crippen LogP contribution in [0.25, 0.3) is 6.08 Å². The van der Waals surface area contributed by atoms with Gasteiger partial charge in [0.15, 0.2) is 11.5 Å². The lowest BCUT2D eigenvalue weighted by Gasteiger charge is -2.26. The van der Waals surface area contributed by atoms with Gasteiger partial charge < -0.3 is 14.8 Å². The van der Waals surface area contributed by atoms with Crippen molar-refractivity contribution in [3.8, 4) is 11.5 Å². The molecule has 1 aliphatic rings. The summed E-state index contributed by atoms with van der Waals surface area (Å²) in [7, 11) is 1.61. The third kappa shape index (κ3) is 5.87. The molecule has 1 saturated carbocycles. The van der Waals surface area contributed by atoms with Gasteiger partial charge in [-0.2, -0.15) is 5.10 Å². The van der Waals surface area contributed by atoms with E-state index in [4.69, 9.17) is 9.47 Å². The third-order valence-corrected chi connectivity index (χ3v) is 5.11. The Morgan fingerprint density at radius 3 is 2.82 bits per heavy atom. The highest BCUT2D eigenvalue weighted by Crippen LogP contribution is 2.28. The maximum atomic E-state index is 12.2. The molecule has 1 aromatic heterocycles. The number of carbonyl (C=O) groups is 1. The van der Waals surface area contributed by atoms with Gasteiger partial charge >= 0.3 is 0 Å². The smallest absolute Gasteiger partial charge is 0.244 e. The summed E-state index contributed by atoms with van der Waals surface area (Å²) in [5.74, 6) is 2.05. The molecule has 6 nitrogen and oxygen atoms in total. The molecule has 1 heterocycles. The van der Waals surface area contributed by atoms with E-state index in [9.17, 15) is 4.79 Å². The first-order chi connectivity index (χ1) is 13.6. The molecule has 0 radical (unpaired) electrons. The van der Waals surface area contributed by atoms with Crippen LogP contribution in [0.1, 0.15) is 38.2 Å². The van der Waals surface area contributed by atoms with Gasteiger partial charge in [-0.05, 0) is 61.4 Å². The van der Waals surface area contributed by atoms with E-state index in [1.807, 2.05) is 35.1 Å². The van der Waals surface area contributed by atoms with Crippen molar-refractivity contribution in [1.29, 1.82) is 0 Å². The van der Waals surface area contributed by atoms with E-state index >= 15 is 0 Å². The highest BCUT2D eigenvalue weighted by molar-refractivity contribution is 5.92. The Hall–Kier alpha value is -2.76. The molecule has 0 aliphatic heterocycles. The van der Waals surface area contributed by atoms with Gasteiger partial charge in [0.05, 0.1) is 13.7 Å². The predicted molar refractivity (Wildman–Crippen MR) is 109 cm³/mol. The van der Waals surface area contributed by atoms with Crippen molar-refractivity contribution in [3.63, 3.8) is 0 Å². The summed E-state index contributed by atoms with van der Waals surface area (Å²) in [6.07, 6.45) is 11.5. The molecule has 1 N–H and O–H groups in total. The van der Waals surface area contributed by atoms with E-state index in [0.717, 1.165) is 24.3 Å². The summed E-state index contributed by atoms with van der Waals surface area (Å²) in [4.78, 5) is 12.2. The number of methoxy groups -OCH3 is 1. The van der Waals surface area contributed by atoms with E-state index in [1.54, 1.807) is 25.5 Å². The Morgan fingerprint density at radius 2 is 2.11 bits per heavy atom. The molecule has 0 bridgehead atoms.